The Morgan fingerprint density at radius 1 is 1.00 bits per heavy atom. The molecule has 0 atom stereocenters. The number of likely N-dealkylation sites (N-methyl/N-ethyl adjacent to an activating group) is 1. The molecular weight excluding hydrogens is 378 g/mol. The molecule has 30 heavy (non-hydrogen) atoms. The maximum absolute atomic E-state index is 12.9. The number of fused-ring (bicyclic) bond motifs is 1. The number of carboxylic acids is 1. The Morgan fingerprint density at radius 3 is 2.43 bits per heavy atom. The largest absolute Gasteiger partial charge is 0.488 e. The highest BCUT2D eigenvalue weighted by molar-refractivity contribution is 6.35. The lowest BCUT2D eigenvalue weighted by Crippen LogP contribution is -2.25. The molecular formula is C25H21NO4. The van der Waals surface area contributed by atoms with Crippen LogP contribution in [0.2, 0.25) is 0 Å². The minimum absolute atomic E-state index is 0.0160. The van der Waals surface area contributed by atoms with Gasteiger partial charge in [-0.05, 0) is 42.8 Å². The number of amides is 1. The average molecular weight is 399 g/mol. The van der Waals surface area contributed by atoms with Crippen LogP contribution in [0.3, 0.4) is 0 Å². The summed E-state index contributed by atoms with van der Waals surface area (Å²) in [6, 6.07) is 21.9. The molecule has 1 amide bonds. The first-order valence-corrected chi connectivity index (χ1v) is 9.75. The van der Waals surface area contributed by atoms with Gasteiger partial charge in [0.25, 0.3) is 5.91 Å². The van der Waals surface area contributed by atoms with Gasteiger partial charge >= 0.3 is 5.97 Å². The van der Waals surface area contributed by atoms with Crippen molar-refractivity contribution in [3.05, 3.63) is 95.1 Å². The molecule has 3 aromatic rings. The monoisotopic (exact) mass is 399 g/mol. The van der Waals surface area contributed by atoms with E-state index in [9.17, 15) is 9.59 Å². The number of hydrogen-bond acceptors (Lipinski definition) is 3. The first-order chi connectivity index (χ1) is 14.6. The number of carbonyl (C=O) groups excluding carboxylic acids is 1. The van der Waals surface area contributed by atoms with Crippen LogP contribution in [0.5, 0.6) is 5.75 Å². The fourth-order valence-corrected chi connectivity index (χ4v) is 3.55. The maximum Gasteiger partial charge on any atom is 0.335 e. The number of carboxylic acid groups (broad SMARTS) is 1. The van der Waals surface area contributed by atoms with Crippen LogP contribution in [0.15, 0.2) is 72.8 Å². The van der Waals surface area contributed by atoms with Crippen LogP contribution in [-0.2, 0) is 11.4 Å². The molecule has 0 fully saturated rings. The third-order valence-electron chi connectivity index (χ3n) is 5.09. The minimum Gasteiger partial charge on any atom is -0.488 e. The molecule has 3 aromatic carbocycles. The topological polar surface area (TPSA) is 66.8 Å². The summed E-state index contributed by atoms with van der Waals surface area (Å²) in [6.45, 7) is 2.87. The highest BCUT2D eigenvalue weighted by Gasteiger charge is 2.30. The summed E-state index contributed by atoms with van der Waals surface area (Å²) < 4.78 is 5.99. The van der Waals surface area contributed by atoms with Crippen LogP contribution < -0.4 is 9.64 Å². The van der Waals surface area contributed by atoms with Crippen LogP contribution in [0.1, 0.15) is 34.0 Å². The van der Waals surface area contributed by atoms with Gasteiger partial charge in [0.1, 0.15) is 12.4 Å². The van der Waals surface area contributed by atoms with Crippen molar-refractivity contribution >= 4 is 29.2 Å². The lowest BCUT2D eigenvalue weighted by Gasteiger charge is -2.13. The van der Waals surface area contributed by atoms with E-state index in [1.165, 1.54) is 0 Å². The van der Waals surface area contributed by atoms with Crippen LogP contribution in [0.25, 0.3) is 11.6 Å². The fourth-order valence-electron chi connectivity index (χ4n) is 3.55. The van der Waals surface area contributed by atoms with Crippen molar-refractivity contribution in [2.75, 3.05) is 11.4 Å². The van der Waals surface area contributed by atoms with Crippen molar-refractivity contribution in [2.24, 2.45) is 0 Å². The van der Waals surface area contributed by atoms with Crippen LogP contribution >= 0.6 is 0 Å². The van der Waals surface area contributed by atoms with Crippen molar-refractivity contribution in [3.8, 4) is 5.75 Å². The Kier molecular flexibility index (Phi) is 5.35. The number of hydrogen-bond donors (Lipinski definition) is 1. The zero-order chi connectivity index (χ0) is 21.1. The van der Waals surface area contributed by atoms with E-state index in [0.29, 0.717) is 24.5 Å². The smallest absolute Gasteiger partial charge is 0.335 e. The van der Waals surface area contributed by atoms with Crippen LogP contribution in [-0.4, -0.2) is 23.5 Å². The molecule has 150 valence electrons. The number of ether oxygens (including phenoxy) is 1. The molecule has 0 aliphatic carbocycles. The summed E-state index contributed by atoms with van der Waals surface area (Å²) >= 11 is 0. The quantitative estimate of drug-likeness (QED) is 0.601. The Labute approximate surface area is 174 Å². The van der Waals surface area contributed by atoms with Gasteiger partial charge in [-0.25, -0.2) is 4.79 Å². The van der Waals surface area contributed by atoms with Crippen molar-refractivity contribution < 1.29 is 19.4 Å². The number of carbonyl (C=O) groups is 2. The van der Waals surface area contributed by atoms with Crippen molar-refractivity contribution in [3.63, 3.8) is 0 Å². The van der Waals surface area contributed by atoms with Gasteiger partial charge in [-0.1, -0.05) is 48.5 Å². The Balaban J connectivity index is 1.61. The molecule has 0 spiro atoms. The van der Waals surface area contributed by atoms with E-state index in [4.69, 9.17) is 9.84 Å². The fraction of sp³-hybridized carbons (Fsp3) is 0.120. The predicted octanol–water partition coefficient (Wildman–Crippen LogP) is 4.87. The van der Waals surface area contributed by atoms with Crippen molar-refractivity contribution in [2.45, 2.75) is 13.5 Å². The highest BCUT2D eigenvalue weighted by Crippen LogP contribution is 2.38. The van der Waals surface area contributed by atoms with Crippen LogP contribution in [0.4, 0.5) is 5.69 Å². The molecule has 0 radical (unpaired) electrons. The Morgan fingerprint density at radius 2 is 1.70 bits per heavy atom. The summed E-state index contributed by atoms with van der Waals surface area (Å²) in [4.78, 5) is 25.7. The maximum atomic E-state index is 12.9. The van der Waals surface area contributed by atoms with Gasteiger partial charge in [0, 0.05) is 23.2 Å². The number of nitrogens with zero attached hydrogens (tertiary/aromatic N) is 1. The molecule has 1 heterocycles. The molecule has 0 saturated heterocycles. The van der Waals surface area contributed by atoms with Crippen LogP contribution in [0, 0.1) is 0 Å². The molecule has 1 aliphatic heterocycles. The van der Waals surface area contributed by atoms with E-state index >= 15 is 0 Å². The highest BCUT2D eigenvalue weighted by atomic mass is 16.5. The molecule has 1 aliphatic rings. The molecule has 5 nitrogen and oxygen atoms in total. The van der Waals surface area contributed by atoms with Gasteiger partial charge in [-0.2, -0.15) is 0 Å². The van der Waals surface area contributed by atoms with Crippen molar-refractivity contribution in [1.82, 2.24) is 0 Å². The first kappa shape index (κ1) is 19.5. The summed E-state index contributed by atoms with van der Waals surface area (Å²) in [5.41, 5.74) is 4.41. The van der Waals surface area contributed by atoms with E-state index in [-0.39, 0.29) is 11.5 Å². The van der Waals surface area contributed by atoms with Gasteiger partial charge in [0.05, 0.1) is 11.3 Å². The molecule has 0 bridgehead atoms. The van der Waals surface area contributed by atoms with E-state index in [1.54, 1.807) is 29.2 Å². The minimum atomic E-state index is -0.956. The lowest BCUT2D eigenvalue weighted by molar-refractivity contribution is -0.112. The third kappa shape index (κ3) is 3.70. The first-order valence-electron chi connectivity index (χ1n) is 9.75. The van der Waals surface area contributed by atoms with E-state index in [0.717, 1.165) is 22.4 Å². The second-order valence-electron chi connectivity index (χ2n) is 6.95. The van der Waals surface area contributed by atoms with Gasteiger partial charge in [-0.15, -0.1) is 0 Å². The van der Waals surface area contributed by atoms with E-state index in [1.807, 2.05) is 61.5 Å². The second kappa shape index (κ2) is 8.25. The molecule has 0 unspecified atom stereocenters. The number of rotatable bonds is 6. The molecule has 0 saturated carbocycles. The zero-order valence-corrected chi connectivity index (χ0v) is 16.5. The number of aromatic carboxylic acids is 1. The van der Waals surface area contributed by atoms with Gasteiger partial charge in [0.2, 0.25) is 0 Å². The molecule has 1 N–H and O–H groups in total. The van der Waals surface area contributed by atoms with Gasteiger partial charge in [0.15, 0.2) is 0 Å². The average Bonchev–Trinajstić information content (AvgIpc) is 3.04. The standard InChI is InChI=1S/C25H21NO4/c1-2-26-22-9-5-4-8-20(22)21(24(26)27)15-19-7-3-6-10-23(19)30-16-17-11-13-18(14-12-17)25(28)29/h3-15H,2,16H2,1H3,(H,28,29)/b21-15-. The molecule has 0 aromatic heterocycles. The SMILES string of the molecule is CCN1C(=O)/C(=C\c2ccccc2OCc2ccc(C(=O)O)cc2)c2ccccc21. The normalized spacial score (nSPS) is 14.1. The van der Waals surface area contributed by atoms with Gasteiger partial charge < -0.3 is 14.7 Å². The lowest BCUT2D eigenvalue weighted by atomic mass is 10.0. The Bertz CT molecular complexity index is 1130. The van der Waals surface area contributed by atoms with E-state index < -0.39 is 5.97 Å². The Hall–Kier alpha value is -3.86. The zero-order valence-electron chi connectivity index (χ0n) is 16.5. The number of benzene rings is 3. The summed E-state index contributed by atoms with van der Waals surface area (Å²) in [7, 11) is 0. The predicted molar refractivity (Wildman–Crippen MR) is 117 cm³/mol. The summed E-state index contributed by atoms with van der Waals surface area (Å²) in [5, 5.41) is 9.01. The molecule has 5 heteroatoms. The van der Waals surface area contributed by atoms with E-state index in [2.05, 4.69) is 0 Å². The van der Waals surface area contributed by atoms with Gasteiger partial charge in [-0.3, -0.25) is 4.79 Å². The summed E-state index contributed by atoms with van der Waals surface area (Å²) in [6.07, 6.45) is 1.87. The number of para-hydroxylation sites is 2. The number of anilines is 1. The summed E-state index contributed by atoms with van der Waals surface area (Å²) in [5.74, 6) is -0.313. The van der Waals surface area contributed by atoms with Crippen molar-refractivity contribution in [1.29, 1.82) is 0 Å². The molecule has 4 rings (SSSR count). The second-order valence-corrected chi connectivity index (χ2v) is 6.95. The third-order valence-corrected chi connectivity index (χ3v) is 5.09.